The maximum Gasteiger partial charge on any atom is 0.343 e. The average molecular weight is 460 g/mol. The predicted molar refractivity (Wildman–Crippen MR) is 129 cm³/mol. The summed E-state index contributed by atoms with van der Waals surface area (Å²) in [5.41, 5.74) is 5.83. The number of rotatable bonds is 7. The van der Waals surface area contributed by atoms with Gasteiger partial charge in [-0.1, -0.05) is 36.8 Å². The molecule has 174 valence electrons. The molecule has 0 aliphatic heterocycles. The number of anilines is 1. The number of benzene rings is 3. The van der Waals surface area contributed by atoms with Gasteiger partial charge in [0, 0.05) is 5.69 Å². The quantitative estimate of drug-likeness (QED) is 0.183. The van der Waals surface area contributed by atoms with E-state index in [2.05, 4.69) is 15.8 Å². The molecule has 34 heavy (non-hydrogen) atoms. The molecule has 0 spiro atoms. The Kier molecular flexibility index (Phi) is 8.12. The first-order valence-corrected chi connectivity index (χ1v) is 10.6. The molecule has 3 aromatic carbocycles. The monoisotopic (exact) mass is 459 g/mol. The van der Waals surface area contributed by atoms with Crippen LogP contribution >= 0.6 is 0 Å². The van der Waals surface area contributed by atoms with Crippen molar-refractivity contribution < 1.29 is 23.9 Å². The number of amides is 2. The topological polar surface area (TPSA) is 106 Å². The number of nitrogens with zero attached hydrogens (tertiary/aromatic N) is 1. The predicted octanol–water partition coefficient (Wildman–Crippen LogP) is 3.87. The molecule has 0 saturated heterocycles. The third-order valence-corrected chi connectivity index (χ3v) is 4.88. The van der Waals surface area contributed by atoms with E-state index < -0.39 is 17.8 Å². The fraction of sp³-hybridized carbons (Fsp3) is 0.154. The lowest BCUT2D eigenvalue weighted by Gasteiger charge is -2.10. The molecule has 0 bridgehead atoms. The van der Waals surface area contributed by atoms with Gasteiger partial charge in [0.25, 0.3) is 0 Å². The number of hydrogen-bond acceptors (Lipinski definition) is 6. The Balaban J connectivity index is 1.58. The highest BCUT2D eigenvalue weighted by atomic mass is 16.6. The minimum atomic E-state index is -0.911. The first-order valence-electron chi connectivity index (χ1n) is 10.6. The van der Waals surface area contributed by atoms with Crippen LogP contribution in [0.5, 0.6) is 11.5 Å². The SMILES string of the molecule is CCc1ccc(NC(=O)C(=O)NN=Cc2ccc(OC(=O)c3ccc(C)cc3)c(OC)c2)cc1. The molecule has 0 heterocycles. The fourth-order valence-corrected chi connectivity index (χ4v) is 2.93. The summed E-state index contributed by atoms with van der Waals surface area (Å²) in [5.74, 6) is -1.71. The minimum absolute atomic E-state index is 0.239. The van der Waals surface area contributed by atoms with Gasteiger partial charge in [0.2, 0.25) is 0 Å². The van der Waals surface area contributed by atoms with Crippen molar-refractivity contribution in [2.45, 2.75) is 20.3 Å². The lowest BCUT2D eigenvalue weighted by Crippen LogP contribution is -2.32. The van der Waals surface area contributed by atoms with Crippen LogP contribution in [0.2, 0.25) is 0 Å². The summed E-state index contributed by atoms with van der Waals surface area (Å²) in [7, 11) is 1.44. The second-order valence-corrected chi connectivity index (χ2v) is 7.37. The largest absolute Gasteiger partial charge is 0.493 e. The van der Waals surface area contributed by atoms with Gasteiger partial charge in [0.1, 0.15) is 0 Å². The second kappa shape index (κ2) is 11.4. The van der Waals surface area contributed by atoms with E-state index in [9.17, 15) is 14.4 Å². The van der Waals surface area contributed by atoms with Crippen molar-refractivity contribution in [1.82, 2.24) is 5.43 Å². The summed E-state index contributed by atoms with van der Waals surface area (Å²) in [4.78, 5) is 36.4. The minimum Gasteiger partial charge on any atom is -0.493 e. The Bertz CT molecular complexity index is 1200. The van der Waals surface area contributed by atoms with E-state index in [1.165, 1.54) is 13.3 Å². The number of esters is 1. The number of nitrogens with one attached hydrogen (secondary N) is 2. The molecule has 0 aliphatic rings. The van der Waals surface area contributed by atoms with E-state index in [4.69, 9.17) is 9.47 Å². The van der Waals surface area contributed by atoms with Gasteiger partial charge in [0.05, 0.1) is 18.9 Å². The van der Waals surface area contributed by atoms with Crippen molar-refractivity contribution in [2.24, 2.45) is 5.10 Å². The van der Waals surface area contributed by atoms with E-state index in [1.54, 1.807) is 42.5 Å². The maximum absolute atomic E-state index is 12.4. The third kappa shape index (κ3) is 6.52. The zero-order valence-electron chi connectivity index (χ0n) is 19.1. The molecule has 0 fully saturated rings. The summed E-state index contributed by atoms with van der Waals surface area (Å²) in [6.07, 6.45) is 2.22. The first-order chi connectivity index (χ1) is 16.4. The van der Waals surface area contributed by atoms with E-state index in [0.29, 0.717) is 22.6 Å². The molecule has 8 nitrogen and oxygen atoms in total. The molecule has 0 radical (unpaired) electrons. The van der Waals surface area contributed by atoms with E-state index in [1.807, 2.05) is 38.1 Å². The van der Waals surface area contributed by atoms with Crippen molar-refractivity contribution in [2.75, 3.05) is 12.4 Å². The molecule has 8 heteroatoms. The third-order valence-electron chi connectivity index (χ3n) is 4.88. The van der Waals surface area contributed by atoms with Crippen molar-refractivity contribution >= 4 is 29.7 Å². The summed E-state index contributed by atoms with van der Waals surface area (Å²) in [5, 5.41) is 6.31. The summed E-state index contributed by atoms with van der Waals surface area (Å²) >= 11 is 0. The molecule has 2 amide bonds. The molecule has 0 saturated carbocycles. The van der Waals surface area contributed by atoms with Crippen LogP contribution in [0, 0.1) is 6.92 Å². The molecule has 0 aromatic heterocycles. The molecule has 0 atom stereocenters. The fourth-order valence-electron chi connectivity index (χ4n) is 2.93. The number of carbonyl (C=O) groups excluding carboxylic acids is 3. The molecule has 2 N–H and O–H groups in total. The van der Waals surface area contributed by atoms with E-state index in [0.717, 1.165) is 17.5 Å². The summed E-state index contributed by atoms with van der Waals surface area (Å²) in [6.45, 7) is 3.96. The standard InChI is InChI=1S/C26H25N3O5/c1-4-18-7-12-21(13-8-18)28-24(30)25(31)29-27-16-19-9-14-22(23(15-19)33-3)34-26(32)20-10-5-17(2)6-11-20/h5-16H,4H2,1-3H3,(H,28,30)(H,29,31). The van der Waals surface area contributed by atoms with Crippen LogP contribution in [0.3, 0.4) is 0 Å². The summed E-state index contributed by atoms with van der Waals surface area (Å²) in [6, 6.07) is 19.0. The molecular formula is C26H25N3O5. The molecule has 0 aliphatic carbocycles. The Hall–Kier alpha value is -4.46. The number of aryl methyl sites for hydroxylation is 2. The summed E-state index contributed by atoms with van der Waals surface area (Å²) < 4.78 is 10.7. The van der Waals surface area contributed by atoms with Gasteiger partial charge in [-0.15, -0.1) is 0 Å². The number of carbonyl (C=O) groups is 3. The van der Waals surface area contributed by atoms with Crippen molar-refractivity contribution in [3.05, 3.63) is 89.0 Å². The van der Waals surface area contributed by atoms with Crippen molar-refractivity contribution in [3.8, 4) is 11.5 Å². The highest BCUT2D eigenvalue weighted by molar-refractivity contribution is 6.39. The van der Waals surface area contributed by atoms with Crippen molar-refractivity contribution in [1.29, 1.82) is 0 Å². The Labute approximate surface area is 197 Å². The lowest BCUT2D eigenvalue weighted by molar-refractivity contribution is -0.136. The van der Waals surface area contributed by atoms with Crippen LogP contribution in [0.1, 0.15) is 34.0 Å². The molecule has 0 unspecified atom stereocenters. The Morgan fingerprint density at radius 3 is 2.26 bits per heavy atom. The number of hydrogen-bond donors (Lipinski definition) is 2. The maximum atomic E-state index is 12.4. The van der Waals surface area contributed by atoms with Gasteiger partial charge in [-0.25, -0.2) is 10.2 Å². The van der Waals surface area contributed by atoms with Crippen LogP contribution in [0.4, 0.5) is 5.69 Å². The van der Waals surface area contributed by atoms with Gasteiger partial charge in [0.15, 0.2) is 11.5 Å². The van der Waals surface area contributed by atoms with E-state index in [-0.39, 0.29) is 5.75 Å². The highest BCUT2D eigenvalue weighted by Gasteiger charge is 2.14. The van der Waals surface area contributed by atoms with Crippen LogP contribution in [-0.4, -0.2) is 31.1 Å². The zero-order valence-corrected chi connectivity index (χ0v) is 19.1. The van der Waals surface area contributed by atoms with Crippen LogP contribution in [0.25, 0.3) is 0 Å². The number of ether oxygens (including phenoxy) is 2. The van der Waals surface area contributed by atoms with Crippen LogP contribution in [-0.2, 0) is 16.0 Å². The second-order valence-electron chi connectivity index (χ2n) is 7.37. The van der Waals surface area contributed by atoms with Gasteiger partial charge in [-0.3, -0.25) is 9.59 Å². The van der Waals surface area contributed by atoms with Gasteiger partial charge in [-0.05, 0) is 66.9 Å². The molecule has 3 aromatic rings. The van der Waals surface area contributed by atoms with Gasteiger partial charge in [-0.2, -0.15) is 5.10 Å². The number of methoxy groups -OCH3 is 1. The first kappa shape index (κ1) is 24.2. The zero-order chi connectivity index (χ0) is 24.5. The Morgan fingerprint density at radius 1 is 0.912 bits per heavy atom. The molecular weight excluding hydrogens is 434 g/mol. The molecule has 3 rings (SSSR count). The normalized spacial score (nSPS) is 10.6. The highest BCUT2D eigenvalue weighted by Crippen LogP contribution is 2.28. The Morgan fingerprint density at radius 2 is 1.62 bits per heavy atom. The number of hydrazone groups is 1. The van der Waals surface area contributed by atoms with Crippen LogP contribution in [0.15, 0.2) is 71.8 Å². The van der Waals surface area contributed by atoms with Gasteiger partial charge < -0.3 is 14.8 Å². The van der Waals surface area contributed by atoms with Gasteiger partial charge >= 0.3 is 17.8 Å². The average Bonchev–Trinajstić information content (AvgIpc) is 2.85. The van der Waals surface area contributed by atoms with Crippen molar-refractivity contribution in [3.63, 3.8) is 0 Å². The lowest BCUT2D eigenvalue weighted by atomic mass is 10.1. The van der Waals surface area contributed by atoms with Crippen LogP contribution < -0.4 is 20.2 Å². The smallest absolute Gasteiger partial charge is 0.343 e. The van der Waals surface area contributed by atoms with E-state index >= 15 is 0 Å².